The van der Waals surface area contributed by atoms with Gasteiger partial charge >= 0.3 is 5.97 Å². The van der Waals surface area contributed by atoms with Crippen LogP contribution in [0, 0.1) is 0 Å². The quantitative estimate of drug-likeness (QED) is 0.469. The topological polar surface area (TPSA) is 104 Å². The molecule has 1 aliphatic carbocycles. The largest absolute Gasteiger partial charge is 0.480 e. The van der Waals surface area contributed by atoms with Gasteiger partial charge in [0.1, 0.15) is 0 Å². The first kappa shape index (κ1) is 11.1. The molecule has 86 valence electrons. The van der Waals surface area contributed by atoms with Crippen LogP contribution in [0.1, 0.15) is 11.1 Å². The van der Waals surface area contributed by atoms with Gasteiger partial charge < -0.3 is 21.1 Å². The average Bonchev–Trinajstić information content (AvgIpc) is 2.18. The summed E-state index contributed by atoms with van der Waals surface area (Å²) in [5.74, 6) is -3.83. The van der Waals surface area contributed by atoms with Crippen LogP contribution in [-0.4, -0.2) is 32.6 Å². The Labute approximate surface area is 92.1 Å². The molecular formula is C11H13NO4. The fourth-order valence-corrected chi connectivity index (χ4v) is 2.01. The minimum absolute atomic E-state index is 0.0918. The van der Waals surface area contributed by atoms with Crippen molar-refractivity contribution in [3.8, 4) is 0 Å². The SMILES string of the molecule is NC1(C(=O)O)Cc2ccccc2CC1(O)O. The predicted molar refractivity (Wildman–Crippen MR) is 55.6 cm³/mol. The number of hydrogen-bond donors (Lipinski definition) is 4. The molecule has 1 aromatic carbocycles. The number of hydrogen-bond acceptors (Lipinski definition) is 4. The molecule has 5 nitrogen and oxygen atoms in total. The molecule has 0 bridgehead atoms. The van der Waals surface area contributed by atoms with Crippen molar-refractivity contribution in [1.82, 2.24) is 0 Å². The molecule has 0 amide bonds. The smallest absolute Gasteiger partial charge is 0.329 e. The molecule has 5 heteroatoms. The Hall–Kier alpha value is -1.43. The van der Waals surface area contributed by atoms with Crippen LogP contribution in [0.2, 0.25) is 0 Å². The van der Waals surface area contributed by atoms with E-state index in [1.165, 1.54) is 0 Å². The lowest BCUT2D eigenvalue weighted by atomic mass is 9.74. The van der Waals surface area contributed by atoms with Crippen LogP contribution in [0.5, 0.6) is 0 Å². The first-order valence-electron chi connectivity index (χ1n) is 4.91. The van der Waals surface area contributed by atoms with Crippen LogP contribution in [-0.2, 0) is 17.6 Å². The van der Waals surface area contributed by atoms with Gasteiger partial charge in [-0.15, -0.1) is 0 Å². The Kier molecular flexibility index (Phi) is 2.27. The lowest BCUT2D eigenvalue weighted by Crippen LogP contribution is -2.69. The van der Waals surface area contributed by atoms with Gasteiger partial charge in [-0.25, -0.2) is 4.79 Å². The van der Waals surface area contributed by atoms with E-state index >= 15 is 0 Å². The Bertz CT molecular complexity index is 443. The number of aliphatic hydroxyl groups is 2. The molecule has 1 unspecified atom stereocenters. The van der Waals surface area contributed by atoms with Crippen LogP contribution < -0.4 is 5.73 Å². The Balaban J connectivity index is 2.51. The number of fused-ring (bicyclic) bond motifs is 1. The molecule has 0 aromatic heterocycles. The van der Waals surface area contributed by atoms with E-state index in [1.54, 1.807) is 24.3 Å². The van der Waals surface area contributed by atoms with Crippen LogP contribution in [0.25, 0.3) is 0 Å². The van der Waals surface area contributed by atoms with Gasteiger partial charge in [0.25, 0.3) is 0 Å². The lowest BCUT2D eigenvalue weighted by molar-refractivity contribution is -0.220. The van der Waals surface area contributed by atoms with Gasteiger partial charge in [-0.05, 0) is 11.1 Å². The van der Waals surface area contributed by atoms with E-state index in [4.69, 9.17) is 10.8 Å². The van der Waals surface area contributed by atoms with E-state index in [1.807, 2.05) is 0 Å². The van der Waals surface area contributed by atoms with Crippen molar-refractivity contribution >= 4 is 5.97 Å². The zero-order valence-electron chi connectivity index (χ0n) is 8.55. The highest BCUT2D eigenvalue weighted by Gasteiger charge is 2.55. The molecule has 1 atom stereocenters. The fourth-order valence-electron chi connectivity index (χ4n) is 2.01. The summed E-state index contributed by atoms with van der Waals surface area (Å²) in [6.45, 7) is 0. The highest BCUT2D eigenvalue weighted by molar-refractivity contribution is 5.81. The van der Waals surface area contributed by atoms with Gasteiger partial charge in [-0.3, -0.25) is 0 Å². The van der Waals surface area contributed by atoms with Crippen molar-refractivity contribution in [2.24, 2.45) is 5.73 Å². The molecule has 0 saturated carbocycles. The normalized spacial score (nSPS) is 27.2. The summed E-state index contributed by atoms with van der Waals surface area (Å²) in [4.78, 5) is 11.1. The molecule has 16 heavy (non-hydrogen) atoms. The number of nitrogens with two attached hydrogens (primary N) is 1. The molecule has 0 radical (unpaired) electrons. The molecule has 5 N–H and O–H groups in total. The average molecular weight is 223 g/mol. The fraction of sp³-hybridized carbons (Fsp3) is 0.364. The summed E-state index contributed by atoms with van der Waals surface area (Å²) in [5, 5.41) is 28.5. The molecule has 1 aliphatic rings. The molecular weight excluding hydrogens is 210 g/mol. The third kappa shape index (κ3) is 1.41. The van der Waals surface area contributed by atoms with Gasteiger partial charge in [0.05, 0.1) is 0 Å². The Morgan fingerprint density at radius 3 is 2.19 bits per heavy atom. The second-order valence-corrected chi connectivity index (χ2v) is 4.22. The van der Waals surface area contributed by atoms with Crippen molar-refractivity contribution in [2.75, 3.05) is 0 Å². The van der Waals surface area contributed by atoms with Gasteiger partial charge in [0.15, 0.2) is 11.3 Å². The third-order valence-corrected chi connectivity index (χ3v) is 3.12. The van der Waals surface area contributed by atoms with Gasteiger partial charge in [0.2, 0.25) is 0 Å². The van der Waals surface area contributed by atoms with Crippen molar-refractivity contribution in [3.63, 3.8) is 0 Å². The van der Waals surface area contributed by atoms with Gasteiger partial charge in [0, 0.05) is 12.8 Å². The molecule has 0 fully saturated rings. The van der Waals surface area contributed by atoms with Gasteiger partial charge in [-0.2, -0.15) is 0 Å². The Morgan fingerprint density at radius 1 is 1.19 bits per heavy atom. The first-order chi connectivity index (χ1) is 7.37. The maximum absolute atomic E-state index is 11.1. The number of carboxylic acid groups (broad SMARTS) is 1. The van der Waals surface area contributed by atoms with Crippen molar-refractivity contribution in [3.05, 3.63) is 35.4 Å². The number of carboxylic acids is 1. The Morgan fingerprint density at radius 2 is 1.69 bits per heavy atom. The second kappa shape index (κ2) is 3.28. The molecule has 0 heterocycles. The number of aliphatic carboxylic acids is 1. The predicted octanol–water partition coefficient (Wildman–Crippen LogP) is -0.752. The summed E-state index contributed by atoms with van der Waals surface area (Å²) in [7, 11) is 0. The van der Waals surface area contributed by atoms with Crippen LogP contribution >= 0.6 is 0 Å². The highest BCUT2D eigenvalue weighted by atomic mass is 16.5. The molecule has 0 aliphatic heterocycles. The number of rotatable bonds is 1. The van der Waals surface area contributed by atoms with Crippen LogP contribution in [0.15, 0.2) is 24.3 Å². The van der Waals surface area contributed by atoms with Crippen molar-refractivity contribution in [2.45, 2.75) is 24.2 Å². The first-order valence-corrected chi connectivity index (χ1v) is 4.91. The van der Waals surface area contributed by atoms with Gasteiger partial charge in [-0.1, -0.05) is 24.3 Å². The van der Waals surface area contributed by atoms with Crippen LogP contribution in [0.3, 0.4) is 0 Å². The van der Waals surface area contributed by atoms with Crippen molar-refractivity contribution < 1.29 is 20.1 Å². The van der Waals surface area contributed by atoms with Crippen LogP contribution in [0.4, 0.5) is 0 Å². The molecule has 0 saturated heterocycles. The second-order valence-electron chi connectivity index (χ2n) is 4.22. The lowest BCUT2D eigenvalue weighted by Gasteiger charge is -2.41. The minimum atomic E-state index is -2.42. The molecule has 0 spiro atoms. The summed E-state index contributed by atoms with van der Waals surface area (Å²) in [6.07, 6.45) is -0.266. The highest BCUT2D eigenvalue weighted by Crippen LogP contribution is 2.33. The third-order valence-electron chi connectivity index (χ3n) is 3.12. The monoisotopic (exact) mass is 223 g/mol. The molecule has 1 aromatic rings. The minimum Gasteiger partial charge on any atom is -0.480 e. The molecule has 2 rings (SSSR count). The summed E-state index contributed by atoms with van der Waals surface area (Å²) >= 11 is 0. The number of benzene rings is 1. The van der Waals surface area contributed by atoms with E-state index in [0.29, 0.717) is 0 Å². The zero-order valence-corrected chi connectivity index (χ0v) is 8.55. The van der Waals surface area contributed by atoms with E-state index in [-0.39, 0.29) is 12.8 Å². The maximum Gasteiger partial charge on any atom is 0.329 e. The maximum atomic E-state index is 11.1. The zero-order chi connectivity index (χ0) is 12.0. The van der Waals surface area contributed by atoms with E-state index < -0.39 is 17.3 Å². The van der Waals surface area contributed by atoms with E-state index in [2.05, 4.69) is 0 Å². The summed E-state index contributed by atoms with van der Waals surface area (Å²) < 4.78 is 0. The summed E-state index contributed by atoms with van der Waals surface area (Å²) in [5.41, 5.74) is 5.00. The van der Waals surface area contributed by atoms with E-state index in [9.17, 15) is 15.0 Å². The van der Waals surface area contributed by atoms with Crippen molar-refractivity contribution in [1.29, 1.82) is 0 Å². The summed E-state index contributed by atoms with van der Waals surface area (Å²) in [6, 6.07) is 7.01. The number of carbonyl (C=O) groups is 1. The van der Waals surface area contributed by atoms with E-state index in [0.717, 1.165) is 11.1 Å². The standard InChI is InChI=1S/C11H13NO4/c12-10(9(13)14)5-7-3-1-2-4-8(7)6-11(10,15)16/h1-4,15-16H,5-6,12H2,(H,13,14).